The van der Waals surface area contributed by atoms with Gasteiger partial charge in [-0.05, 0) is 53.7 Å². The fraction of sp³-hybridized carbons (Fsp3) is 0.591. The minimum atomic E-state index is -0.896. The molecule has 178 valence electrons. The molecule has 0 aromatic heterocycles. The molecule has 1 aliphatic rings. The van der Waals surface area contributed by atoms with Crippen LogP contribution < -0.4 is 5.32 Å². The average Bonchev–Trinajstić information content (AvgIpc) is 2.64. The lowest BCUT2D eigenvalue weighted by atomic mass is 9.99. The van der Waals surface area contributed by atoms with E-state index in [1.807, 2.05) is 0 Å². The number of carbonyl (C=O) groups is 3. The van der Waals surface area contributed by atoms with Crippen LogP contribution >= 0.6 is 0 Å². The van der Waals surface area contributed by atoms with Crippen LogP contribution in [-0.4, -0.2) is 61.1 Å². The monoisotopic (exact) mass is 454 g/mol. The van der Waals surface area contributed by atoms with Crippen molar-refractivity contribution in [1.82, 2.24) is 4.90 Å². The molecule has 10 heteroatoms. The summed E-state index contributed by atoms with van der Waals surface area (Å²) in [4.78, 5) is 38.7. The third-order valence-electron chi connectivity index (χ3n) is 4.30. The maximum Gasteiger partial charge on any atom is 0.412 e. The lowest BCUT2D eigenvalue weighted by Crippen LogP contribution is -2.46. The highest BCUT2D eigenvalue weighted by Crippen LogP contribution is 2.34. The van der Waals surface area contributed by atoms with E-state index in [9.17, 15) is 18.8 Å². The van der Waals surface area contributed by atoms with Crippen LogP contribution in [0.25, 0.3) is 0 Å². The molecule has 1 fully saturated rings. The van der Waals surface area contributed by atoms with E-state index in [1.165, 1.54) is 11.0 Å². The van der Waals surface area contributed by atoms with Crippen molar-refractivity contribution in [2.24, 2.45) is 0 Å². The number of benzene rings is 1. The summed E-state index contributed by atoms with van der Waals surface area (Å²) in [5.74, 6) is -1.79. The number of nitrogens with one attached hydrogen (secondary N) is 1. The summed E-state index contributed by atoms with van der Waals surface area (Å²) in [6.45, 7) is 10.8. The second-order valence-electron chi connectivity index (χ2n) is 9.30. The van der Waals surface area contributed by atoms with Gasteiger partial charge in [-0.25, -0.2) is 18.8 Å². The normalized spacial score (nSPS) is 16.9. The summed E-state index contributed by atoms with van der Waals surface area (Å²) >= 11 is 0. The minimum absolute atomic E-state index is 0.0356. The molecule has 1 aromatic rings. The fourth-order valence-electron chi connectivity index (χ4n) is 3.05. The fourth-order valence-corrected chi connectivity index (χ4v) is 3.05. The summed E-state index contributed by atoms with van der Waals surface area (Å²) in [7, 11) is 1.13. The zero-order chi connectivity index (χ0) is 24.3. The first-order valence-electron chi connectivity index (χ1n) is 10.2. The lowest BCUT2D eigenvalue weighted by molar-refractivity contribution is -0.0329. The second kappa shape index (κ2) is 9.72. The Kier molecular flexibility index (Phi) is 7.71. The van der Waals surface area contributed by atoms with E-state index >= 15 is 0 Å². The van der Waals surface area contributed by atoms with E-state index in [-0.39, 0.29) is 36.6 Å². The molecular weight excluding hydrogens is 423 g/mol. The van der Waals surface area contributed by atoms with Gasteiger partial charge in [-0.3, -0.25) is 10.2 Å². The molecule has 32 heavy (non-hydrogen) atoms. The third-order valence-corrected chi connectivity index (χ3v) is 4.30. The molecule has 0 aliphatic carbocycles. The van der Waals surface area contributed by atoms with Crippen molar-refractivity contribution in [3.05, 3.63) is 29.1 Å². The van der Waals surface area contributed by atoms with Gasteiger partial charge in [0.1, 0.15) is 17.0 Å². The van der Waals surface area contributed by atoms with E-state index in [0.29, 0.717) is 0 Å². The molecule has 0 bridgehead atoms. The average molecular weight is 454 g/mol. The van der Waals surface area contributed by atoms with Crippen LogP contribution in [0, 0.1) is 5.82 Å². The van der Waals surface area contributed by atoms with Gasteiger partial charge in [0.2, 0.25) is 0 Å². The van der Waals surface area contributed by atoms with Crippen LogP contribution in [-0.2, 0) is 18.9 Å². The van der Waals surface area contributed by atoms with Crippen molar-refractivity contribution >= 4 is 23.8 Å². The van der Waals surface area contributed by atoms with Crippen LogP contribution in [0.4, 0.5) is 19.7 Å². The molecule has 1 aliphatic heterocycles. The largest absolute Gasteiger partial charge is 0.465 e. The Bertz CT molecular complexity index is 874. The van der Waals surface area contributed by atoms with Gasteiger partial charge in [0.15, 0.2) is 0 Å². The summed E-state index contributed by atoms with van der Waals surface area (Å²) in [5, 5.41) is 2.51. The van der Waals surface area contributed by atoms with E-state index < -0.39 is 41.2 Å². The molecular formula is C22H31FN2O7. The molecule has 0 unspecified atom stereocenters. The van der Waals surface area contributed by atoms with Crippen molar-refractivity contribution in [3.8, 4) is 0 Å². The van der Waals surface area contributed by atoms with Gasteiger partial charge >= 0.3 is 18.2 Å². The number of halogens is 1. The molecule has 1 atom stereocenters. The zero-order valence-corrected chi connectivity index (χ0v) is 19.5. The highest BCUT2D eigenvalue weighted by atomic mass is 19.1. The Labute approximate surface area is 187 Å². The first kappa shape index (κ1) is 25.4. The van der Waals surface area contributed by atoms with Gasteiger partial charge in [-0.2, -0.15) is 0 Å². The number of nitrogens with zero attached hydrogens (tertiary/aromatic N) is 1. The smallest absolute Gasteiger partial charge is 0.412 e. The molecule has 0 radical (unpaired) electrons. The predicted molar refractivity (Wildman–Crippen MR) is 114 cm³/mol. The van der Waals surface area contributed by atoms with Crippen molar-refractivity contribution < 1.29 is 37.7 Å². The standard InChI is InChI=1S/C22H31FN2O7/c1-21(2,3)31-19(27)24-16-11-15(23)13(18(26)29-7)10-14(16)17-12-30-9-8-25(17)20(28)32-22(4,5)6/h10-11,17H,8-9,12H2,1-7H3,(H,24,27)/t17-/m0/s1. The Morgan fingerprint density at radius 1 is 1.09 bits per heavy atom. The lowest BCUT2D eigenvalue weighted by Gasteiger charge is -2.37. The van der Waals surface area contributed by atoms with Gasteiger partial charge < -0.3 is 18.9 Å². The number of amides is 2. The molecule has 2 amide bonds. The van der Waals surface area contributed by atoms with E-state index in [4.69, 9.17) is 14.2 Å². The van der Waals surface area contributed by atoms with Gasteiger partial charge in [-0.1, -0.05) is 0 Å². The number of ether oxygens (including phenoxy) is 4. The molecule has 9 nitrogen and oxygen atoms in total. The molecule has 1 heterocycles. The maximum atomic E-state index is 14.7. The topological polar surface area (TPSA) is 103 Å². The van der Waals surface area contributed by atoms with Crippen LogP contribution in [0.1, 0.15) is 63.5 Å². The number of hydrogen-bond acceptors (Lipinski definition) is 7. The van der Waals surface area contributed by atoms with E-state index in [1.54, 1.807) is 41.5 Å². The number of rotatable bonds is 3. The SMILES string of the molecule is COC(=O)c1cc([C@@H]2COCCN2C(=O)OC(C)(C)C)c(NC(=O)OC(C)(C)C)cc1F. The van der Waals surface area contributed by atoms with Crippen LogP contribution in [0.15, 0.2) is 12.1 Å². The third kappa shape index (κ3) is 6.81. The van der Waals surface area contributed by atoms with Crippen LogP contribution in [0.2, 0.25) is 0 Å². The first-order chi connectivity index (χ1) is 14.7. The van der Waals surface area contributed by atoms with Crippen molar-refractivity contribution in [2.45, 2.75) is 58.8 Å². The Morgan fingerprint density at radius 3 is 2.28 bits per heavy atom. The highest BCUT2D eigenvalue weighted by Gasteiger charge is 2.35. The van der Waals surface area contributed by atoms with E-state index in [2.05, 4.69) is 10.1 Å². The summed E-state index contributed by atoms with van der Waals surface area (Å²) in [6, 6.07) is 1.48. The van der Waals surface area contributed by atoms with Crippen molar-refractivity contribution in [1.29, 1.82) is 0 Å². The number of anilines is 1. The number of methoxy groups -OCH3 is 1. The minimum Gasteiger partial charge on any atom is -0.465 e. The predicted octanol–water partition coefficient (Wildman–Crippen LogP) is 4.27. The number of morpholine rings is 1. The van der Waals surface area contributed by atoms with E-state index in [0.717, 1.165) is 13.2 Å². The zero-order valence-electron chi connectivity index (χ0n) is 19.5. The quantitative estimate of drug-likeness (QED) is 0.537. The first-order valence-corrected chi connectivity index (χ1v) is 10.2. The Hall–Kier alpha value is -2.88. The summed E-state index contributed by atoms with van der Waals surface area (Å²) in [5.41, 5.74) is -1.55. The van der Waals surface area contributed by atoms with Crippen LogP contribution in [0.5, 0.6) is 0 Å². The van der Waals surface area contributed by atoms with Crippen molar-refractivity contribution in [2.75, 3.05) is 32.2 Å². The Balaban J connectivity index is 2.51. The molecule has 1 aromatic carbocycles. The number of hydrogen-bond donors (Lipinski definition) is 1. The second-order valence-corrected chi connectivity index (χ2v) is 9.30. The van der Waals surface area contributed by atoms with Crippen molar-refractivity contribution in [3.63, 3.8) is 0 Å². The van der Waals surface area contributed by atoms with Gasteiger partial charge in [0, 0.05) is 12.1 Å². The molecule has 0 saturated carbocycles. The van der Waals surface area contributed by atoms with Gasteiger partial charge in [0.25, 0.3) is 0 Å². The molecule has 0 spiro atoms. The van der Waals surface area contributed by atoms with Gasteiger partial charge in [-0.15, -0.1) is 0 Å². The molecule has 1 saturated heterocycles. The maximum absolute atomic E-state index is 14.7. The molecule has 2 rings (SSSR count). The Morgan fingerprint density at radius 2 is 1.72 bits per heavy atom. The van der Waals surface area contributed by atoms with Crippen LogP contribution in [0.3, 0.4) is 0 Å². The number of carbonyl (C=O) groups excluding carboxylic acids is 3. The number of esters is 1. The molecule has 1 N–H and O–H groups in total. The highest BCUT2D eigenvalue weighted by molar-refractivity contribution is 5.92. The van der Waals surface area contributed by atoms with Gasteiger partial charge in [0.05, 0.1) is 37.6 Å². The summed E-state index contributed by atoms with van der Waals surface area (Å²) in [6.07, 6.45) is -1.41. The summed E-state index contributed by atoms with van der Waals surface area (Å²) < 4.78 is 35.6.